The Morgan fingerprint density at radius 2 is 1.86 bits per heavy atom. The average Bonchev–Trinajstić information content (AvgIpc) is 2.99. The fourth-order valence-corrected chi connectivity index (χ4v) is 2.28. The van der Waals surface area contributed by atoms with Crippen LogP contribution in [-0.2, 0) is 4.74 Å². The molecule has 14 heavy (non-hydrogen) atoms. The van der Waals surface area contributed by atoms with Gasteiger partial charge in [0.2, 0.25) is 0 Å². The molecule has 0 spiro atoms. The van der Waals surface area contributed by atoms with Gasteiger partial charge in [-0.1, -0.05) is 26.7 Å². The van der Waals surface area contributed by atoms with Crippen molar-refractivity contribution in [2.24, 2.45) is 17.6 Å². The third kappa shape index (κ3) is 3.25. The van der Waals surface area contributed by atoms with Crippen molar-refractivity contribution in [2.75, 3.05) is 7.11 Å². The molecule has 1 saturated carbocycles. The van der Waals surface area contributed by atoms with Crippen LogP contribution >= 0.6 is 0 Å². The van der Waals surface area contributed by atoms with E-state index in [2.05, 4.69) is 13.8 Å². The SMILES string of the molecule is CCC(CC)CC(N)C(OC)C1CC1. The smallest absolute Gasteiger partial charge is 0.0750 e. The Morgan fingerprint density at radius 1 is 1.29 bits per heavy atom. The van der Waals surface area contributed by atoms with Gasteiger partial charge in [-0.05, 0) is 31.1 Å². The molecule has 2 nitrogen and oxygen atoms in total. The Bertz CT molecular complexity index is 152. The van der Waals surface area contributed by atoms with E-state index in [9.17, 15) is 0 Å². The van der Waals surface area contributed by atoms with Crippen LogP contribution in [0.25, 0.3) is 0 Å². The molecule has 0 saturated heterocycles. The lowest BCUT2D eigenvalue weighted by Crippen LogP contribution is -2.39. The quantitative estimate of drug-likeness (QED) is 0.684. The molecule has 1 rings (SSSR count). The van der Waals surface area contributed by atoms with Gasteiger partial charge in [0, 0.05) is 13.2 Å². The van der Waals surface area contributed by atoms with Gasteiger partial charge < -0.3 is 10.5 Å². The van der Waals surface area contributed by atoms with E-state index < -0.39 is 0 Å². The van der Waals surface area contributed by atoms with Crippen molar-refractivity contribution in [3.63, 3.8) is 0 Å². The third-order valence-electron chi connectivity index (χ3n) is 3.54. The predicted octanol–water partition coefficient (Wildman–Crippen LogP) is 2.57. The first-order valence-corrected chi connectivity index (χ1v) is 6.01. The summed E-state index contributed by atoms with van der Waals surface area (Å²) in [6, 6.07) is 0.248. The molecule has 0 radical (unpaired) electrons. The molecule has 0 amide bonds. The van der Waals surface area contributed by atoms with Gasteiger partial charge in [-0.3, -0.25) is 0 Å². The number of rotatable bonds is 7. The molecule has 2 heteroatoms. The highest BCUT2D eigenvalue weighted by Crippen LogP contribution is 2.36. The monoisotopic (exact) mass is 199 g/mol. The van der Waals surface area contributed by atoms with Crippen LogP contribution < -0.4 is 5.73 Å². The largest absolute Gasteiger partial charge is 0.380 e. The van der Waals surface area contributed by atoms with Crippen molar-refractivity contribution in [2.45, 2.75) is 58.1 Å². The van der Waals surface area contributed by atoms with Gasteiger partial charge in [0.1, 0.15) is 0 Å². The van der Waals surface area contributed by atoms with Gasteiger partial charge in [0.15, 0.2) is 0 Å². The highest BCUT2D eigenvalue weighted by Gasteiger charge is 2.35. The van der Waals surface area contributed by atoms with Gasteiger partial charge in [-0.25, -0.2) is 0 Å². The Balaban J connectivity index is 2.33. The number of hydrogen-bond acceptors (Lipinski definition) is 2. The lowest BCUT2D eigenvalue weighted by Gasteiger charge is -2.25. The molecule has 1 fully saturated rings. The summed E-state index contributed by atoms with van der Waals surface area (Å²) < 4.78 is 5.50. The average molecular weight is 199 g/mol. The minimum absolute atomic E-state index is 0.248. The molecule has 1 aliphatic carbocycles. The Hall–Kier alpha value is -0.0800. The standard InChI is InChI=1S/C12H25NO/c1-4-9(5-2)8-11(13)12(14-3)10-6-7-10/h9-12H,4-8,13H2,1-3H3. The van der Waals surface area contributed by atoms with Crippen LogP contribution in [-0.4, -0.2) is 19.3 Å². The van der Waals surface area contributed by atoms with Crippen molar-refractivity contribution in [1.29, 1.82) is 0 Å². The molecule has 0 heterocycles. The zero-order valence-corrected chi connectivity index (χ0v) is 9.83. The van der Waals surface area contributed by atoms with Crippen molar-refractivity contribution in [3.05, 3.63) is 0 Å². The second kappa shape index (κ2) is 5.72. The van der Waals surface area contributed by atoms with Crippen molar-refractivity contribution >= 4 is 0 Å². The lowest BCUT2D eigenvalue weighted by molar-refractivity contribution is 0.0549. The Kier molecular flexibility index (Phi) is 4.90. The van der Waals surface area contributed by atoms with E-state index in [1.165, 1.54) is 25.7 Å². The number of nitrogens with two attached hydrogens (primary N) is 1. The molecule has 84 valence electrons. The molecule has 0 aromatic heterocycles. The van der Waals surface area contributed by atoms with E-state index >= 15 is 0 Å². The summed E-state index contributed by atoms with van der Waals surface area (Å²) in [5.41, 5.74) is 6.20. The number of hydrogen-bond donors (Lipinski definition) is 1. The van der Waals surface area contributed by atoms with Crippen molar-refractivity contribution in [3.8, 4) is 0 Å². The molecule has 0 aliphatic heterocycles. The number of ether oxygens (including phenoxy) is 1. The van der Waals surface area contributed by atoms with Gasteiger partial charge in [-0.15, -0.1) is 0 Å². The first kappa shape index (κ1) is 12.0. The third-order valence-corrected chi connectivity index (χ3v) is 3.54. The topological polar surface area (TPSA) is 35.2 Å². The van der Waals surface area contributed by atoms with Crippen LogP contribution in [0.3, 0.4) is 0 Å². The maximum atomic E-state index is 6.20. The molecular weight excluding hydrogens is 174 g/mol. The Labute approximate surface area is 88.2 Å². The molecule has 2 N–H and O–H groups in total. The first-order chi connectivity index (χ1) is 6.72. The van der Waals surface area contributed by atoms with Gasteiger partial charge >= 0.3 is 0 Å². The molecule has 0 aromatic carbocycles. The van der Waals surface area contributed by atoms with Crippen LogP contribution in [0.1, 0.15) is 46.0 Å². The molecule has 0 bridgehead atoms. The Morgan fingerprint density at radius 3 is 2.21 bits per heavy atom. The minimum atomic E-state index is 0.248. The van der Waals surface area contributed by atoms with Crippen LogP contribution in [0, 0.1) is 11.8 Å². The maximum absolute atomic E-state index is 6.20. The maximum Gasteiger partial charge on any atom is 0.0750 e. The molecule has 2 atom stereocenters. The van der Waals surface area contributed by atoms with Crippen LogP contribution in [0.5, 0.6) is 0 Å². The molecule has 1 aliphatic rings. The summed E-state index contributed by atoms with van der Waals surface area (Å²) >= 11 is 0. The van der Waals surface area contributed by atoms with E-state index in [1.807, 2.05) is 0 Å². The normalized spacial score (nSPS) is 21.2. The van der Waals surface area contributed by atoms with Gasteiger partial charge in [-0.2, -0.15) is 0 Å². The van der Waals surface area contributed by atoms with Gasteiger partial charge in [0.25, 0.3) is 0 Å². The first-order valence-electron chi connectivity index (χ1n) is 6.01. The summed E-state index contributed by atoms with van der Waals surface area (Å²) in [6.45, 7) is 4.50. The molecule has 2 unspecified atom stereocenters. The summed E-state index contributed by atoms with van der Waals surface area (Å²) in [7, 11) is 1.80. The highest BCUT2D eigenvalue weighted by atomic mass is 16.5. The summed E-state index contributed by atoms with van der Waals surface area (Å²) in [5, 5.41) is 0. The predicted molar refractivity (Wildman–Crippen MR) is 60.2 cm³/mol. The summed E-state index contributed by atoms with van der Waals surface area (Å²) in [6.07, 6.45) is 6.55. The minimum Gasteiger partial charge on any atom is -0.380 e. The van der Waals surface area contributed by atoms with Crippen molar-refractivity contribution in [1.82, 2.24) is 0 Å². The second-order valence-corrected chi connectivity index (χ2v) is 4.62. The second-order valence-electron chi connectivity index (χ2n) is 4.62. The number of methoxy groups -OCH3 is 1. The zero-order chi connectivity index (χ0) is 10.6. The molecular formula is C12H25NO. The fourth-order valence-electron chi connectivity index (χ4n) is 2.28. The van der Waals surface area contributed by atoms with Gasteiger partial charge in [0.05, 0.1) is 6.10 Å². The van der Waals surface area contributed by atoms with E-state index in [4.69, 9.17) is 10.5 Å². The highest BCUT2D eigenvalue weighted by molar-refractivity contribution is 4.89. The zero-order valence-electron chi connectivity index (χ0n) is 9.83. The lowest BCUT2D eigenvalue weighted by atomic mass is 9.91. The summed E-state index contributed by atoms with van der Waals surface area (Å²) in [4.78, 5) is 0. The van der Waals surface area contributed by atoms with Crippen LogP contribution in [0.15, 0.2) is 0 Å². The fraction of sp³-hybridized carbons (Fsp3) is 1.00. The van der Waals surface area contributed by atoms with E-state index in [0.29, 0.717) is 6.10 Å². The van der Waals surface area contributed by atoms with E-state index in [0.717, 1.165) is 18.3 Å². The van der Waals surface area contributed by atoms with Crippen molar-refractivity contribution < 1.29 is 4.74 Å². The van der Waals surface area contributed by atoms with E-state index in [1.54, 1.807) is 7.11 Å². The van der Waals surface area contributed by atoms with E-state index in [-0.39, 0.29) is 6.04 Å². The summed E-state index contributed by atoms with van der Waals surface area (Å²) in [5.74, 6) is 1.53. The van der Waals surface area contributed by atoms with Crippen LogP contribution in [0.2, 0.25) is 0 Å². The van der Waals surface area contributed by atoms with Crippen LogP contribution in [0.4, 0.5) is 0 Å². The molecule has 0 aromatic rings.